The van der Waals surface area contributed by atoms with Gasteiger partial charge in [-0.3, -0.25) is 0 Å². The van der Waals surface area contributed by atoms with Gasteiger partial charge in [0.1, 0.15) is 11.5 Å². The molecule has 0 fully saturated rings. The van der Waals surface area contributed by atoms with Crippen LogP contribution in [0, 0.1) is 13.8 Å². The van der Waals surface area contributed by atoms with Crippen LogP contribution in [0.1, 0.15) is 11.4 Å². The van der Waals surface area contributed by atoms with E-state index in [1.54, 1.807) is 16.9 Å². The Morgan fingerprint density at radius 1 is 1.21 bits per heavy atom. The van der Waals surface area contributed by atoms with Crippen LogP contribution in [-0.2, 0) is 0 Å². The molecule has 0 unspecified atom stereocenters. The van der Waals surface area contributed by atoms with Crippen molar-refractivity contribution >= 4 is 5.82 Å². The second-order valence-corrected chi connectivity index (χ2v) is 4.18. The van der Waals surface area contributed by atoms with Crippen LogP contribution in [-0.4, -0.2) is 24.7 Å². The fraction of sp³-hybridized carbons (Fsp3) is 0.167. The van der Waals surface area contributed by atoms with E-state index in [1.807, 2.05) is 19.9 Å². The lowest BCUT2D eigenvalue weighted by Gasteiger charge is -2.05. The van der Waals surface area contributed by atoms with Gasteiger partial charge in [0.05, 0.1) is 11.9 Å². The molecule has 0 amide bonds. The van der Waals surface area contributed by atoms with Gasteiger partial charge < -0.3 is 10.2 Å². The molecule has 0 spiro atoms. The minimum atomic E-state index is 0.351. The van der Waals surface area contributed by atoms with Gasteiger partial charge in [-0.1, -0.05) is 0 Å². The lowest BCUT2D eigenvalue weighted by Crippen LogP contribution is -2.07. The smallest absolute Gasteiger partial charge is 0.253 e. The predicted molar refractivity (Wildman–Crippen MR) is 68.5 cm³/mol. The largest absolute Gasteiger partial charge is 0.442 e. The van der Waals surface area contributed by atoms with E-state index in [0.29, 0.717) is 23.2 Å². The highest BCUT2D eigenvalue weighted by Gasteiger charge is 2.11. The number of oxazole rings is 1. The summed E-state index contributed by atoms with van der Waals surface area (Å²) in [5.41, 5.74) is 8.21. The Hall–Kier alpha value is -2.70. The van der Waals surface area contributed by atoms with E-state index < -0.39 is 0 Å². The van der Waals surface area contributed by atoms with E-state index in [-0.39, 0.29) is 0 Å². The molecule has 96 valence electrons. The van der Waals surface area contributed by atoms with Crippen LogP contribution in [0.4, 0.5) is 5.82 Å². The Morgan fingerprint density at radius 3 is 2.68 bits per heavy atom. The summed E-state index contributed by atoms with van der Waals surface area (Å²) in [4.78, 5) is 12.5. The number of anilines is 1. The van der Waals surface area contributed by atoms with Crippen LogP contribution in [0.25, 0.3) is 17.4 Å². The average molecular weight is 256 g/mol. The molecule has 3 aromatic rings. The lowest BCUT2D eigenvalue weighted by molar-refractivity contribution is 0.569. The van der Waals surface area contributed by atoms with Crippen LogP contribution in [0.3, 0.4) is 0 Å². The number of nitrogen functional groups attached to an aromatic ring is 1. The molecule has 0 aliphatic rings. The Morgan fingerprint density at radius 2 is 2.05 bits per heavy atom. The maximum absolute atomic E-state index is 5.81. The molecule has 0 aliphatic carbocycles. The first-order chi connectivity index (χ1) is 9.13. The van der Waals surface area contributed by atoms with Crippen molar-refractivity contribution in [2.75, 3.05) is 5.73 Å². The van der Waals surface area contributed by atoms with Crippen molar-refractivity contribution in [2.45, 2.75) is 13.8 Å². The van der Waals surface area contributed by atoms with E-state index >= 15 is 0 Å². The van der Waals surface area contributed by atoms with Gasteiger partial charge in [0.2, 0.25) is 0 Å². The fourth-order valence-corrected chi connectivity index (χ4v) is 1.85. The highest BCUT2D eigenvalue weighted by molar-refractivity contribution is 5.56. The molecule has 19 heavy (non-hydrogen) atoms. The molecular formula is C12H12N6O. The van der Waals surface area contributed by atoms with E-state index in [9.17, 15) is 0 Å². The van der Waals surface area contributed by atoms with Crippen LogP contribution in [0.2, 0.25) is 0 Å². The average Bonchev–Trinajstić information content (AvgIpc) is 2.98. The molecule has 3 heterocycles. The third-order valence-electron chi connectivity index (χ3n) is 2.62. The van der Waals surface area contributed by atoms with E-state index in [4.69, 9.17) is 10.2 Å². The van der Waals surface area contributed by atoms with Crippen LogP contribution in [0.15, 0.2) is 29.1 Å². The fourth-order valence-electron chi connectivity index (χ4n) is 1.85. The molecule has 7 nitrogen and oxygen atoms in total. The van der Waals surface area contributed by atoms with Crippen molar-refractivity contribution in [1.29, 1.82) is 0 Å². The molecule has 0 radical (unpaired) electrons. The predicted octanol–water partition coefficient (Wildman–Crippen LogP) is 1.52. The zero-order valence-electron chi connectivity index (χ0n) is 10.5. The first-order valence-corrected chi connectivity index (χ1v) is 5.70. The van der Waals surface area contributed by atoms with Gasteiger partial charge in [-0.25, -0.2) is 14.6 Å². The third-order valence-corrected chi connectivity index (χ3v) is 2.62. The zero-order chi connectivity index (χ0) is 13.4. The van der Waals surface area contributed by atoms with Crippen molar-refractivity contribution in [3.05, 3.63) is 36.1 Å². The highest BCUT2D eigenvalue weighted by Crippen LogP contribution is 2.19. The van der Waals surface area contributed by atoms with Gasteiger partial charge in [-0.2, -0.15) is 10.1 Å². The minimum absolute atomic E-state index is 0.351. The van der Waals surface area contributed by atoms with Gasteiger partial charge in [-0.05, 0) is 19.9 Å². The number of hydrogen-bond acceptors (Lipinski definition) is 6. The Labute approximate surface area is 109 Å². The molecule has 3 aromatic heterocycles. The molecule has 7 heteroatoms. The van der Waals surface area contributed by atoms with Crippen molar-refractivity contribution in [1.82, 2.24) is 24.7 Å². The summed E-state index contributed by atoms with van der Waals surface area (Å²) < 4.78 is 6.86. The van der Waals surface area contributed by atoms with Crippen molar-refractivity contribution in [3.63, 3.8) is 0 Å². The van der Waals surface area contributed by atoms with Crippen molar-refractivity contribution in [3.8, 4) is 17.4 Å². The van der Waals surface area contributed by atoms with Gasteiger partial charge >= 0.3 is 0 Å². The summed E-state index contributed by atoms with van der Waals surface area (Å²) in [7, 11) is 0. The molecule has 0 aromatic carbocycles. The Kier molecular flexibility index (Phi) is 2.52. The first kappa shape index (κ1) is 11.4. The summed E-state index contributed by atoms with van der Waals surface area (Å²) in [5, 5.41) is 4.33. The molecule has 0 saturated carbocycles. The standard InChI is InChI=1S/C12H12N6O/c1-7-3-8(2)18(17-7)12-15-9(4-11(13)16-12)10-5-14-6-19-10/h3-6H,1-2H3,(H2,13,15,16). The molecule has 3 rings (SSSR count). The number of nitrogens with zero attached hydrogens (tertiary/aromatic N) is 5. The molecule has 0 saturated heterocycles. The monoisotopic (exact) mass is 256 g/mol. The SMILES string of the molecule is Cc1cc(C)n(-c2nc(N)cc(-c3cnco3)n2)n1. The van der Waals surface area contributed by atoms with E-state index in [1.165, 1.54) is 6.39 Å². The molecular weight excluding hydrogens is 244 g/mol. The van der Waals surface area contributed by atoms with Crippen LogP contribution >= 0.6 is 0 Å². The minimum Gasteiger partial charge on any atom is -0.442 e. The Bertz CT molecular complexity index is 716. The van der Waals surface area contributed by atoms with Gasteiger partial charge in [0.25, 0.3) is 5.95 Å². The topological polar surface area (TPSA) is 95.7 Å². The highest BCUT2D eigenvalue weighted by atomic mass is 16.3. The summed E-state index contributed by atoms with van der Waals surface area (Å²) in [6, 6.07) is 3.58. The van der Waals surface area contributed by atoms with Crippen LogP contribution < -0.4 is 5.73 Å². The maximum atomic E-state index is 5.81. The van der Waals surface area contributed by atoms with Crippen molar-refractivity contribution < 1.29 is 4.42 Å². The zero-order valence-corrected chi connectivity index (χ0v) is 10.5. The van der Waals surface area contributed by atoms with Gasteiger partial charge in [0.15, 0.2) is 12.2 Å². The number of aryl methyl sites for hydroxylation is 2. The number of rotatable bonds is 2. The maximum Gasteiger partial charge on any atom is 0.253 e. The molecule has 0 bridgehead atoms. The molecule has 0 atom stereocenters. The van der Waals surface area contributed by atoms with E-state index in [2.05, 4.69) is 20.1 Å². The normalized spacial score (nSPS) is 10.8. The van der Waals surface area contributed by atoms with Gasteiger partial charge in [-0.15, -0.1) is 0 Å². The summed E-state index contributed by atoms with van der Waals surface area (Å²) in [6.45, 7) is 3.84. The number of hydrogen-bond donors (Lipinski definition) is 1. The molecule has 2 N–H and O–H groups in total. The summed E-state index contributed by atoms with van der Waals surface area (Å²) in [6.07, 6.45) is 2.92. The van der Waals surface area contributed by atoms with E-state index in [0.717, 1.165) is 11.4 Å². The Balaban J connectivity index is 2.15. The second-order valence-electron chi connectivity index (χ2n) is 4.18. The van der Waals surface area contributed by atoms with Gasteiger partial charge in [0, 0.05) is 11.8 Å². The third kappa shape index (κ3) is 2.05. The lowest BCUT2D eigenvalue weighted by atomic mass is 10.3. The second kappa shape index (κ2) is 4.20. The summed E-state index contributed by atoms with van der Waals surface area (Å²) >= 11 is 0. The summed E-state index contributed by atoms with van der Waals surface area (Å²) in [5.74, 6) is 1.30. The molecule has 0 aliphatic heterocycles. The number of nitrogens with two attached hydrogens (primary N) is 1. The van der Waals surface area contributed by atoms with Crippen molar-refractivity contribution in [2.24, 2.45) is 0 Å². The van der Waals surface area contributed by atoms with Crippen LogP contribution in [0.5, 0.6) is 0 Å². The first-order valence-electron chi connectivity index (χ1n) is 5.70. The quantitative estimate of drug-likeness (QED) is 0.746. The number of aromatic nitrogens is 5.